The Hall–Kier alpha value is -3.48. The minimum absolute atomic E-state index is 0.154. The lowest BCUT2D eigenvalue weighted by Gasteiger charge is -2.08. The van der Waals surface area contributed by atoms with E-state index in [2.05, 4.69) is 15.4 Å². The number of carbonyl (C=O) groups excluding carboxylic acids is 1. The van der Waals surface area contributed by atoms with Crippen LogP contribution in [0, 0.1) is 0 Å². The van der Waals surface area contributed by atoms with Gasteiger partial charge < -0.3 is 10.1 Å². The van der Waals surface area contributed by atoms with E-state index < -0.39 is 0 Å². The number of rotatable bonds is 7. The van der Waals surface area contributed by atoms with Crippen molar-refractivity contribution in [3.8, 4) is 11.6 Å². The molecule has 3 rings (SSSR count). The molecule has 0 saturated heterocycles. The van der Waals surface area contributed by atoms with E-state index in [0.717, 1.165) is 0 Å². The number of aryl methyl sites for hydroxylation is 1. The molecule has 7 heteroatoms. The monoisotopic (exact) mass is 350 g/mol. The van der Waals surface area contributed by atoms with Gasteiger partial charge in [0.25, 0.3) is 11.5 Å². The number of benzene rings is 1. The van der Waals surface area contributed by atoms with Crippen LogP contribution in [0.5, 0.6) is 11.6 Å². The van der Waals surface area contributed by atoms with Crippen LogP contribution in [0.1, 0.15) is 16.8 Å². The molecule has 0 bridgehead atoms. The van der Waals surface area contributed by atoms with Crippen molar-refractivity contribution in [3.05, 3.63) is 82.9 Å². The number of carbonyl (C=O) groups is 1. The summed E-state index contributed by atoms with van der Waals surface area (Å²) in [7, 11) is 0. The summed E-state index contributed by atoms with van der Waals surface area (Å²) in [6, 6.07) is 15.3. The second-order valence-corrected chi connectivity index (χ2v) is 5.49. The van der Waals surface area contributed by atoms with Crippen molar-refractivity contribution in [3.63, 3.8) is 0 Å². The van der Waals surface area contributed by atoms with E-state index in [-0.39, 0.29) is 11.5 Å². The summed E-state index contributed by atoms with van der Waals surface area (Å²) in [4.78, 5) is 27.9. The highest BCUT2D eigenvalue weighted by Gasteiger charge is 2.07. The standard InChI is InChI=1S/C19H18N4O3/c24-18-9-4-12-22-23(18)13-5-11-21-19(25)15-6-3-7-16(14-15)26-17-8-1-2-10-20-17/h1-4,6-10,12,14H,5,11,13H2,(H,21,25). The molecular weight excluding hydrogens is 332 g/mol. The van der Waals surface area contributed by atoms with Crippen LogP contribution in [0.4, 0.5) is 0 Å². The number of amides is 1. The van der Waals surface area contributed by atoms with Gasteiger partial charge in [0.2, 0.25) is 5.88 Å². The van der Waals surface area contributed by atoms with Crippen molar-refractivity contribution in [2.45, 2.75) is 13.0 Å². The summed E-state index contributed by atoms with van der Waals surface area (Å²) < 4.78 is 7.00. The van der Waals surface area contributed by atoms with Crippen LogP contribution in [0.3, 0.4) is 0 Å². The molecule has 3 aromatic rings. The van der Waals surface area contributed by atoms with E-state index in [1.54, 1.807) is 54.9 Å². The molecule has 7 nitrogen and oxygen atoms in total. The van der Waals surface area contributed by atoms with Gasteiger partial charge in [0.1, 0.15) is 5.75 Å². The highest BCUT2D eigenvalue weighted by Crippen LogP contribution is 2.19. The van der Waals surface area contributed by atoms with Crippen LogP contribution < -0.4 is 15.6 Å². The Morgan fingerprint density at radius 3 is 2.81 bits per heavy atom. The third kappa shape index (κ3) is 4.76. The van der Waals surface area contributed by atoms with Gasteiger partial charge in [0.15, 0.2) is 0 Å². The van der Waals surface area contributed by atoms with Gasteiger partial charge in [-0.05, 0) is 36.8 Å². The Bertz CT molecular complexity index is 925. The first kappa shape index (κ1) is 17.3. The van der Waals surface area contributed by atoms with E-state index in [4.69, 9.17) is 4.74 Å². The van der Waals surface area contributed by atoms with Crippen molar-refractivity contribution in [1.29, 1.82) is 0 Å². The van der Waals surface area contributed by atoms with E-state index in [0.29, 0.717) is 36.7 Å². The fourth-order valence-electron chi connectivity index (χ4n) is 2.32. The molecule has 132 valence electrons. The Morgan fingerprint density at radius 2 is 2.00 bits per heavy atom. The van der Waals surface area contributed by atoms with Crippen molar-refractivity contribution in [1.82, 2.24) is 20.1 Å². The smallest absolute Gasteiger partial charge is 0.266 e. The van der Waals surface area contributed by atoms with Crippen LogP contribution in [0.25, 0.3) is 0 Å². The van der Waals surface area contributed by atoms with Gasteiger partial charge in [0, 0.05) is 43.2 Å². The van der Waals surface area contributed by atoms with Crippen LogP contribution in [0.2, 0.25) is 0 Å². The van der Waals surface area contributed by atoms with Crippen LogP contribution >= 0.6 is 0 Å². The SMILES string of the molecule is O=C(NCCCn1ncccc1=O)c1cccc(Oc2ccccn2)c1. The Balaban J connectivity index is 1.52. The number of hydrogen-bond acceptors (Lipinski definition) is 5. The minimum atomic E-state index is -0.204. The van der Waals surface area contributed by atoms with Gasteiger partial charge in [-0.2, -0.15) is 5.10 Å². The van der Waals surface area contributed by atoms with Gasteiger partial charge >= 0.3 is 0 Å². The average Bonchev–Trinajstić information content (AvgIpc) is 2.67. The molecule has 0 aliphatic rings. The van der Waals surface area contributed by atoms with Crippen LogP contribution in [-0.2, 0) is 6.54 Å². The molecule has 2 aromatic heterocycles. The molecule has 0 unspecified atom stereocenters. The molecular formula is C19H18N4O3. The second kappa shape index (κ2) is 8.57. The van der Waals surface area contributed by atoms with E-state index in [1.807, 2.05) is 6.07 Å². The summed E-state index contributed by atoms with van der Waals surface area (Å²) in [6.07, 6.45) is 3.80. The Morgan fingerprint density at radius 1 is 1.08 bits per heavy atom. The number of ether oxygens (including phenoxy) is 1. The number of nitrogens with zero attached hydrogens (tertiary/aromatic N) is 3. The highest BCUT2D eigenvalue weighted by molar-refractivity contribution is 5.94. The van der Waals surface area contributed by atoms with E-state index in [9.17, 15) is 9.59 Å². The van der Waals surface area contributed by atoms with Crippen molar-refractivity contribution >= 4 is 5.91 Å². The fraction of sp³-hybridized carbons (Fsp3) is 0.158. The summed E-state index contributed by atoms with van der Waals surface area (Å²) >= 11 is 0. The van der Waals surface area contributed by atoms with Gasteiger partial charge in [0.05, 0.1) is 0 Å². The zero-order valence-electron chi connectivity index (χ0n) is 14.0. The summed E-state index contributed by atoms with van der Waals surface area (Å²) in [5.41, 5.74) is 0.339. The molecule has 1 aromatic carbocycles. The van der Waals surface area contributed by atoms with Crippen LogP contribution in [0.15, 0.2) is 71.8 Å². The van der Waals surface area contributed by atoms with Crippen LogP contribution in [-0.4, -0.2) is 27.2 Å². The maximum atomic E-state index is 12.3. The lowest BCUT2D eigenvalue weighted by atomic mass is 10.2. The summed E-state index contributed by atoms with van der Waals surface area (Å²) in [5, 5.41) is 6.80. The molecule has 1 N–H and O–H groups in total. The van der Waals surface area contributed by atoms with Gasteiger partial charge in [-0.3, -0.25) is 9.59 Å². The highest BCUT2D eigenvalue weighted by atomic mass is 16.5. The first-order valence-corrected chi connectivity index (χ1v) is 8.22. The average molecular weight is 350 g/mol. The normalized spacial score (nSPS) is 10.3. The molecule has 0 spiro atoms. The third-order valence-electron chi connectivity index (χ3n) is 3.57. The molecule has 26 heavy (non-hydrogen) atoms. The maximum Gasteiger partial charge on any atom is 0.266 e. The molecule has 0 radical (unpaired) electrons. The van der Waals surface area contributed by atoms with Crippen molar-refractivity contribution in [2.24, 2.45) is 0 Å². The zero-order valence-corrected chi connectivity index (χ0v) is 14.0. The fourth-order valence-corrected chi connectivity index (χ4v) is 2.32. The Kier molecular flexibility index (Phi) is 5.72. The third-order valence-corrected chi connectivity index (χ3v) is 3.57. The van der Waals surface area contributed by atoms with Gasteiger partial charge in [-0.15, -0.1) is 0 Å². The van der Waals surface area contributed by atoms with Crippen molar-refractivity contribution < 1.29 is 9.53 Å². The molecule has 0 saturated carbocycles. The largest absolute Gasteiger partial charge is 0.439 e. The topological polar surface area (TPSA) is 86.1 Å². The minimum Gasteiger partial charge on any atom is -0.439 e. The van der Waals surface area contributed by atoms with Gasteiger partial charge in [-0.1, -0.05) is 12.1 Å². The molecule has 1 amide bonds. The predicted octanol–water partition coefficient (Wildman–Crippen LogP) is 2.25. The summed E-state index contributed by atoms with van der Waals surface area (Å²) in [6.45, 7) is 0.885. The molecule has 0 aliphatic carbocycles. The van der Waals surface area contributed by atoms with Crippen molar-refractivity contribution in [2.75, 3.05) is 6.54 Å². The Labute approximate surface area is 150 Å². The number of nitrogens with one attached hydrogen (secondary N) is 1. The van der Waals surface area contributed by atoms with E-state index in [1.165, 1.54) is 10.7 Å². The lowest BCUT2D eigenvalue weighted by molar-refractivity contribution is 0.0952. The summed E-state index contributed by atoms with van der Waals surface area (Å²) in [5.74, 6) is 0.798. The van der Waals surface area contributed by atoms with Gasteiger partial charge in [-0.25, -0.2) is 9.67 Å². The molecule has 0 atom stereocenters. The quantitative estimate of drug-likeness (QED) is 0.661. The second-order valence-electron chi connectivity index (χ2n) is 5.49. The molecule has 0 aliphatic heterocycles. The number of pyridine rings is 1. The number of hydrogen-bond donors (Lipinski definition) is 1. The first-order valence-electron chi connectivity index (χ1n) is 8.22. The first-order chi connectivity index (χ1) is 12.7. The molecule has 2 heterocycles. The maximum absolute atomic E-state index is 12.3. The lowest BCUT2D eigenvalue weighted by Crippen LogP contribution is -2.27. The van der Waals surface area contributed by atoms with E-state index >= 15 is 0 Å². The number of aromatic nitrogens is 3. The molecule has 0 fully saturated rings. The predicted molar refractivity (Wildman–Crippen MR) is 96.2 cm³/mol. The zero-order chi connectivity index (χ0) is 18.2.